The topological polar surface area (TPSA) is 88.3 Å². The second-order valence-corrected chi connectivity index (χ2v) is 5.02. The van der Waals surface area contributed by atoms with Crippen LogP contribution in [-0.2, 0) is 9.53 Å². The number of halogens is 2. The standard InChI is InChI=1S/C15H12ClFN2O4/c1-8(20)9-4-13(18-6-9)15(22)23-7-14(21)19-10-2-3-12(17)11(16)5-10/h2-6,18H,7H2,1H3,(H,19,21). The summed E-state index contributed by atoms with van der Waals surface area (Å²) in [4.78, 5) is 37.1. The van der Waals surface area contributed by atoms with E-state index in [4.69, 9.17) is 16.3 Å². The van der Waals surface area contributed by atoms with Crippen LogP contribution in [0.1, 0.15) is 27.8 Å². The third kappa shape index (κ3) is 4.40. The zero-order valence-corrected chi connectivity index (χ0v) is 12.7. The zero-order valence-electron chi connectivity index (χ0n) is 12.0. The molecule has 2 aromatic rings. The number of benzene rings is 1. The molecule has 1 amide bonds. The molecule has 0 fully saturated rings. The van der Waals surface area contributed by atoms with Gasteiger partial charge in [-0.15, -0.1) is 0 Å². The van der Waals surface area contributed by atoms with Crippen LogP contribution < -0.4 is 5.32 Å². The number of anilines is 1. The van der Waals surface area contributed by atoms with Crippen molar-refractivity contribution in [3.8, 4) is 0 Å². The summed E-state index contributed by atoms with van der Waals surface area (Å²) in [6.07, 6.45) is 1.37. The van der Waals surface area contributed by atoms with Gasteiger partial charge in [-0.1, -0.05) is 11.6 Å². The fraction of sp³-hybridized carbons (Fsp3) is 0.133. The van der Waals surface area contributed by atoms with E-state index < -0.39 is 24.3 Å². The largest absolute Gasteiger partial charge is 0.451 e. The predicted octanol–water partition coefficient (Wildman–Crippen LogP) is 2.81. The number of aromatic amines is 1. The van der Waals surface area contributed by atoms with Crippen LogP contribution in [0, 0.1) is 5.82 Å². The smallest absolute Gasteiger partial charge is 0.355 e. The number of hydrogen-bond acceptors (Lipinski definition) is 4. The Kier molecular flexibility index (Phi) is 5.13. The highest BCUT2D eigenvalue weighted by molar-refractivity contribution is 6.31. The molecule has 0 saturated carbocycles. The lowest BCUT2D eigenvalue weighted by Crippen LogP contribution is -2.21. The monoisotopic (exact) mass is 338 g/mol. The zero-order chi connectivity index (χ0) is 17.0. The molecular formula is C15H12ClFN2O4. The second-order valence-electron chi connectivity index (χ2n) is 4.61. The third-order valence-electron chi connectivity index (χ3n) is 2.85. The van der Waals surface area contributed by atoms with Gasteiger partial charge < -0.3 is 15.0 Å². The lowest BCUT2D eigenvalue weighted by atomic mass is 10.2. The molecule has 0 spiro atoms. The number of aromatic nitrogens is 1. The molecule has 23 heavy (non-hydrogen) atoms. The van der Waals surface area contributed by atoms with Gasteiger partial charge in [0.05, 0.1) is 5.02 Å². The van der Waals surface area contributed by atoms with Crippen LogP contribution in [0.25, 0.3) is 0 Å². The number of rotatable bonds is 5. The molecular weight excluding hydrogens is 327 g/mol. The number of nitrogens with one attached hydrogen (secondary N) is 2. The number of carbonyl (C=O) groups is 3. The summed E-state index contributed by atoms with van der Waals surface area (Å²) in [6, 6.07) is 5.00. The quantitative estimate of drug-likeness (QED) is 0.648. The van der Waals surface area contributed by atoms with E-state index in [1.54, 1.807) is 0 Å². The Morgan fingerprint density at radius 1 is 1.30 bits per heavy atom. The van der Waals surface area contributed by atoms with Gasteiger partial charge >= 0.3 is 5.97 Å². The maximum absolute atomic E-state index is 13.0. The SMILES string of the molecule is CC(=O)c1c[nH]c(C(=O)OCC(=O)Nc2ccc(F)c(Cl)c2)c1. The van der Waals surface area contributed by atoms with Gasteiger partial charge in [0.25, 0.3) is 5.91 Å². The molecule has 0 bridgehead atoms. The Labute approximate surface area is 135 Å². The first-order valence-corrected chi connectivity index (χ1v) is 6.86. The Balaban J connectivity index is 1.89. The van der Waals surface area contributed by atoms with Crippen LogP contribution in [0.4, 0.5) is 10.1 Å². The van der Waals surface area contributed by atoms with E-state index in [1.165, 1.54) is 31.3 Å². The van der Waals surface area contributed by atoms with Gasteiger partial charge in [-0.05, 0) is 31.2 Å². The maximum atomic E-state index is 13.0. The minimum Gasteiger partial charge on any atom is -0.451 e. The van der Waals surface area contributed by atoms with Crippen molar-refractivity contribution in [1.82, 2.24) is 4.98 Å². The Morgan fingerprint density at radius 2 is 2.04 bits per heavy atom. The summed E-state index contributed by atoms with van der Waals surface area (Å²) in [5, 5.41) is 2.27. The van der Waals surface area contributed by atoms with E-state index in [-0.39, 0.29) is 22.2 Å². The molecule has 0 aliphatic carbocycles. The molecule has 0 aliphatic rings. The molecule has 2 N–H and O–H groups in total. The number of amides is 1. The fourth-order valence-electron chi connectivity index (χ4n) is 1.70. The van der Waals surface area contributed by atoms with Crippen molar-refractivity contribution in [3.05, 3.63) is 52.6 Å². The van der Waals surface area contributed by atoms with Gasteiger partial charge in [-0.3, -0.25) is 9.59 Å². The van der Waals surface area contributed by atoms with Crippen molar-refractivity contribution >= 4 is 34.9 Å². The van der Waals surface area contributed by atoms with Crippen LogP contribution in [0.3, 0.4) is 0 Å². The van der Waals surface area contributed by atoms with Crippen molar-refractivity contribution < 1.29 is 23.5 Å². The van der Waals surface area contributed by atoms with Crippen LogP contribution >= 0.6 is 11.6 Å². The number of ether oxygens (including phenoxy) is 1. The average Bonchev–Trinajstić information content (AvgIpc) is 2.99. The van der Waals surface area contributed by atoms with Crippen LogP contribution in [0.15, 0.2) is 30.5 Å². The first-order valence-electron chi connectivity index (χ1n) is 6.48. The highest BCUT2D eigenvalue weighted by atomic mass is 35.5. The summed E-state index contributed by atoms with van der Waals surface area (Å²) >= 11 is 5.59. The molecule has 120 valence electrons. The molecule has 0 saturated heterocycles. The Hall–Kier alpha value is -2.67. The third-order valence-corrected chi connectivity index (χ3v) is 3.14. The first kappa shape index (κ1) is 16.7. The van der Waals surface area contributed by atoms with Crippen LogP contribution in [0.5, 0.6) is 0 Å². The van der Waals surface area contributed by atoms with Gasteiger partial charge in [0.2, 0.25) is 0 Å². The van der Waals surface area contributed by atoms with Crippen molar-refractivity contribution in [2.24, 2.45) is 0 Å². The molecule has 6 nitrogen and oxygen atoms in total. The minimum atomic E-state index is -0.773. The number of Topliss-reactive ketones (excluding diaryl/α,β-unsaturated/α-hetero) is 1. The molecule has 8 heteroatoms. The van der Waals surface area contributed by atoms with Crippen molar-refractivity contribution in [3.63, 3.8) is 0 Å². The van der Waals surface area contributed by atoms with Gasteiger partial charge in [-0.2, -0.15) is 0 Å². The first-order chi connectivity index (χ1) is 10.9. The molecule has 0 aliphatic heterocycles. The van der Waals surface area contributed by atoms with E-state index in [9.17, 15) is 18.8 Å². The Bertz CT molecular complexity index is 773. The van der Waals surface area contributed by atoms with E-state index >= 15 is 0 Å². The van der Waals surface area contributed by atoms with E-state index in [2.05, 4.69) is 10.3 Å². The van der Waals surface area contributed by atoms with E-state index in [0.29, 0.717) is 5.56 Å². The fourth-order valence-corrected chi connectivity index (χ4v) is 1.88. The van der Waals surface area contributed by atoms with Crippen LogP contribution in [0.2, 0.25) is 5.02 Å². The van der Waals surface area contributed by atoms with Crippen LogP contribution in [-0.4, -0.2) is 29.3 Å². The Morgan fingerprint density at radius 3 is 2.65 bits per heavy atom. The minimum absolute atomic E-state index is 0.0628. The second kappa shape index (κ2) is 7.06. The molecule has 1 heterocycles. The molecule has 1 aromatic carbocycles. The van der Waals surface area contributed by atoms with Crippen molar-refractivity contribution in [2.45, 2.75) is 6.92 Å². The normalized spacial score (nSPS) is 10.2. The van der Waals surface area contributed by atoms with Gasteiger partial charge in [-0.25, -0.2) is 9.18 Å². The van der Waals surface area contributed by atoms with Crippen molar-refractivity contribution in [2.75, 3.05) is 11.9 Å². The lowest BCUT2D eigenvalue weighted by Gasteiger charge is -2.06. The summed E-state index contributed by atoms with van der Waals surface area (Å²) in [5.74, 6) is -2.19. The number of esters is 1. The lowest BCUT2D eigenvalue weighted by molar-refractivity contribution is -0.119. The summed E-state index contributed by atoms with van der Waals surface area (Å²) in [5.41, 5.74) is 0.673. The molecule has 0 radical (unpaired) electrons. The van der Waals surface area contributed by atoms with Gasteiger partial charge in [0.15, 0.2) is 12.4 Å². The highest BCUT2D eigenvalue weighted by Gasteiger charge is 2.14. The molecule has 1 aromatic heterocycles. The number of hydrogen-bond donors (Lipinski definition) is 2. The van der Waals surface area contributed by atoms with E-state index in [0.717, 1.165) is 6.07 Å². The summed E-state index contributed by atoms with van der Waals surface area (Å²) < 4.78 is 17.8. The van der Waals surface area contributed by atoms with Gasteiger partial charge in [0.1, 0.15) is 11.5 Å². The van der Waals surface area contributed by atoms with E-state index in [1.807, 2.05) is 0 Å². The molecule has 0 atom stereocenters. The van der Waals surface area contributed by atoms with Gasteiger partial charge in [0, 0.05) is 17.4 Å². The average molecular weight is 339 g/mol. The number of ketones is 1. The number of H-pyrrole nitrogens is 1. The molecule has 2 rings (SSSR count). The predicted molar refractivity (Wildman–Crippen MR) is 81.1 cm³/mol. The summed E-state index contributed by atoms with van der Waals surface area (Å²) in [6.45, 7) is 0.821. The summed E-state index contributed by atoms with van der Waals surface area (Å²) in [7, 11) is 0. The number of carbonyl (C=O) groups excluding carboxylic acids is 3. The maximum Gasteiger partial charge on any atom is 0.355 e. The highest BCUT2D eigenvalue weighted by Crippen LogP contribution is 2.19. The molecule has 0 unspecified atom stereocenters. The van der Waals surface area contributed by atoms with Crippen molar-refractivity contribution in [1.29, 1.82) is 0 Å².